The van der Waals surface area contributed by atoms with Crippen molar-refractivity contribution >= 4 is 23.5 Å². The van der Waals surface area contributed by atoms with E-state index in [2.05, 4.69) is 5.32 Å². The second kappa shape index (κ2) is 6.80. The monoisotopic (exact) mass is 341 g/mol. The van der Waals surface area contributed by atoms with Crippen molar-refractivity contribution in [3.05, 3.63) is 54.0 Å². The maximum absolute atomic E-state index is 13.0. The zero-order valence-corrected chi connectivity index (χ0v) is 14.1. The molecule has 4 amide bonds. The van der Waals surface area contributed by atoms with Crippen molar-refractivity contribution in [1.29, 1.82) is 0 Å². The summed E-state index contributed by atoms with van der Waals surface area (Å²) in [4.78, 5) is 39.4. The number of anilines is 1. The molecule has 130 valence electrons. The highest BCUT2D eigenvalue weighted by atomic mass is 16.3. The van der Waals surface area contributed by atoms with Crippen LogP contribution in [0.3, 0.4) is 0 Å². The van der Waals surface area contributed by atoms with E-state index in [1.165, 1.54) is 4.90 Å². The van der Waals surface area contributed by atoms with Crippen molar-refractivity contribution < 1.29 is 18.8 Å². The fraction of sp³-hybridized carbons (Fsp3) is 0.278. The summed E-state index contributed by atoms with van der Waals surface area (Å²) in [6.07, 6.45) is 1.76. The highest BCUT2D eigenvalue weighted by Crippen LogP contribution is 2.27. The van der Waals surface area contributed by atoms with Crippen molar-refractivity contribution in [3.8, 4) is 0 Å². The molecule has 2 aromatic rings. The molecular formula is C18H19N3O4. The van der Waals surface area contributed by atoms with E-state index in [0.717, 1.165) is 0 Å². The Hall–Kier alpha value is -3.09. The minimum atomic E-state index is -0.516. The maximum Gasteiger partial charge on any atom is 0.328 e. The van der Waals surface area contributed by atoms with E-state index in [0.29, 0.717) is 17.0 Å². The summed E-state index contributed by atoms with van der Waals surface area (Å²) in [6, 6.07) is 9.68. The number of carbonyl (C=O) groups excluding carboxylic acids is 3. The van der Waals surface area contributed by atoms with Crippen molar-refractivity contribution in [2.75, 3.05) is 18.5 Å². The molecule has 1 aliphatic rings. The van der Waals surface area contributed by atoms with Crippen LogP contribution in [0.25, 0.3) is 0 Å². The highest BCUT2D eigenvalue weighted by molar-refractivity contribution is 6.09. The van der Waals surface area contributed by atoms with Gasteiger partial charge in [-0.3, -0.25) is 19.8 Å². The summed E-state index contributed by atoms with van der Waals surface area (Å²) in [5.41, 5.74) is 0.879. The number of rotatable bonds is 4. The minimum Gasteiger partial charge on any atom is -0.467 e. The smallest absolute Gasteiger partial charge is 0.328 e. The second-order valence-electron chi connectivity index (χ2n) is 5.88. The summed E-state index contributed by atoms with van der Waals surface area (Å²) in [7, 11) is 1.69. The molecule has 0 bridgehead atoms. The Morgan fingerprint density at radius 2 is 2.00 bits per heavy atom. The molecule has 7 heteroatoms. The standard InChI is InChI=1S/C18H19N3O4/c1-12(15-8-5-11-25-15)20(2)17(23)13-6-3-4-7-14(13)21-10-9-16(22)19-18(21)24/h3-8,11-12H,9-10H2,1-2H3,(H,19,22,24)/t12-/m1/s1. The summed E-state index contributed by atoms with van der Waals surface area (Å²) >= 11 is 0. The van der Waals surface area contributed by atoms with E-state index in [4.69, 9.17) is 4.42 Å². The second-order valence-corrected chi connectivity index (χ2v) is 5.88. The number of nitrogens with zero attached hydrogens (tertiary/aromatic N) is 2. The molecule has 1 saturated heterocycles. The predicted molar refractivity (Wildman–Crippen MR) is 91.2 cm³/mol. The van der Waals surface area contributed by atoms with Crippen molar-refractivity contribution in [3.63, 3.8) is 0 Å². The molecule has 25 heavy (non-hydrogen) atoms. The Morgan fingerprint density at radius 3 is 2.68 bits per heavy atom. The van der Waals surface area contributed by atoms with Gasteiger partial charge in [0, 0.05) is 20.0 Å². The zero-order chi connectivity index (χ0) is 18.0. The lowest BCUT2D eigenvalue weighted by atomic mass is 10.1. The summed E-state index contributed by atoms with van der Waals surface area (Å²) in [5, 5.41) is 2.28. The zero-order valence-electron chi connectivity index (χ0n) is 14.1. The molecule has 3 rings (SSSR count). The Bertz CT molecular complexity index is 800. The van der Waals surface area contributed by atoms with Gasteiger partial charge in [0.25, 0.3) is 5.91 Å². The fourth-order valence-corrected chi connectivity index (χ4v) is 2.77. The predicted octanol–water partition coefficient (Wildman–Crippen LogP) is 2.56. The third-order valence-corrected chi connectivity index (χ3v) is 4.34. The first-order valence-electron chi connectivity index (χ1n) is 8.00. The Kier molecular flexibility index (Phi) is 4.56. The largest absolute Gasteiger partial charge is 0.467 e. The molecule has 7 nitrogen and oxygen atoms in total. The van der Waals surface area contributed by atoms with Gasteiger partial charge in [-0.1, -0.05) is 12.1 Å². The lowest BCUT2D eigenvalue weighted by molar-refractivity contribution is -0.120. The number of benzene rings is 1. The van der Waals surface area contributed by atoms with Crippen LogP contribution in [0.5, 0.6) is 0 Å². The Labute approximate surface area is 145 Å². The molecule has 0 spiro atoms. The normalized spacial score (nSPS) is 15.7. The topological polar surface area (TPSA) is 82.9 Å². The minimum absolute atomic E-state index is 0.201. The first-order valence-corrected chi connectivity index (χ1v) is 8.00. The van der Waals surface area contributed by atoms with Gasteiger partial charge in [0.05, 0.1) is 23.6 Å². The van der Waals surface area contributed by atoms with Crippen LogP contribution in [0.4, 0.5) is 10.5 Å². The van der Waals surface area contributed by atoms with Gasteiger partial charge in [-0.05, 0) is 31.2 Å². The number of hydrogen-bond donors (Lipinski definition) is 1. The molecule has 0 saturated carbocycles. The van der Waals surface area contributed by atoms with E-state index >= 15 is 0 Å². The molecule has 0 radical (unpaired) electrons. The van der Waals surface area contributed by atoms with Crippen LogP contribution in [-0.4, -0.2) is 36.3 Å². The third-order valence-electron chi connectivity index (χ3n) is 4.34. The van der Waals surface area contributed by atoms with Crippen molar-refractivity contribution in [2.24, 2.45) is 0 Å². The number of nitrogens with one attached hydrogen (secondary N) is 1. The number of urea groups is 1. The number of hydrogen-bond acceptors (Lipinski definition) is 4. The molecule has 1 atom stereocenters. The number of amides is 4. The van der Waals surface area contributed by atoms with E-state index < -0.39 is 6.03 Å². The van der Waals surface area contributed by atoms with Gasteiger partial charge >= 0.3 is 6.03 Å². The summed E-state index contributed by atoms with van der Waals surface area (Å²) in [6.45, 7) is 2.11. The van der Waals surface area contributed by atoms with Crippen molar-refractivity contribution in [2.45, 2.75) is 19.4 Å². The number of imide groups is 1. The van der Waals surface area contributed by atoms with Crippen LogP contribution < -0.4 is 10.2 Å². The summed E-state index contributed by atoms with van der Waals surface area (Å²) < 4.78 is 5.37. The van der Waals surface area contributed by atoms with E-state index in [-0.39, 0.29) is 30.8 Å². The first kappa shape index (κ1) is 16.8. The Morgan fingerprint density at radius 1 is 1.24 bits per heavy atom. The highest BCUT2D eigenvalue weighted by Gasteiger charge is 2.29. The van der Waals surface area contributed by atoms with Crippen LogP contribution >= 0.6 is 0 Å². The Balaban J connectivity index is 1.88. The van der Waals surface area contributed by atoms with Crippen molar-refractivity contribution in [1.82, 2.24) is 10.2 Å². The average molecular weight is 341 g/mol. The molecule has 1 fully saturated rings. The first-order chi connectivity index (χ1) is 12.0. The van der Waals surface area contributed by atoms with Gasteiger partial charge in [0.15, 0.2) is 0 Å². The molecule has 1 aromatic heterocycles. The fourth-order valence-electron chi connectivity index (χ4n) is 2.77. The lowest BCUT2D eigenvalue weighted by Gasteiger charge is -2.30. The van der Waals surface area contributed by atoms with Crippen LogP contribution in [0.15, 0.2) is 47.1 Å². The quantitative estimate of drug-likeness (QED) is 0.926. The summed E-state index contributed by atoms with van der Waals surface area (Å²) in [5.74, 6) is 0.132. The maximum atomic E-state index is 13.0. The van der Waals surface area contributed by atoms with Gasteiger partial charge in [-0.2, -0.15) is 0 Å². The third kappa shape index (κ3) is 3.26. The molecule has 0 aliphatic carbocycles. The van der Waals surface area contributed by atoms with Gasteiger partial charge in [0.1, 0.15) is 5.76 Å². The molecule has 2 heterocycles. The molecule has 0 unspecified atom stereocenters. The number of para-hydroxylation sites is 1. The van der Waals surface area contributed by atoms with E-state index in [1.54, 1.807) is 48.5 Å². The molecule has 1 aromatic carbocycles. The average Bonchev–Trinajstić information content (AvgIpc) is 3.14. The van der Waals surface area contributed by atoms with Crippen LogP contribution in [0.2, 0.25) is 0 Å². The van der Waals surface area contributed by atoms with E-state index in [1.807, 2.05) is 13.0 Å². The van der Waals surface area contributed by atoms with Crippen LogP contribution in [-0.2, 0) is 4.79 Å². The molecule has 1 N–H and O–H groups in total. The van der Waals surface area contributed by atoms with Gasteiger partial charge in [-0.15, -0.1) is 0 Å². The lowest BCUT2D eigenvalue weighted by Crippen LogP contribution is -2.50. The number of furan rings is 1. The van der Waals surface area contributed by atoms with E-state index in [9.17, 15) is 14.4 Å². The molecule has 1 aliphatic heterocycles. The van der Waals surface area contributed by atoms with Crippen LogP contribution in [0.1, 0.15) is 35.5 Å². The van der Waals surface area contributed by atoms with Gasteiger partial charge in [-0.25, -0.2) is 4.79 Å². The van der Waals surface area contributed by atoms with Gasteiger partial charge in [0.2, 0.25) is 5.91 Å². The number of carbonyl (C=O) groups is 3. The van der Waals surface area contributed by atoms with Gasteiger partial charge < -0.3 is 9.32 Å². The SMILES string of the molecule is C[C@H](c1ccco1)N(C)C(=O)c1ccccc1N1CCC(=O)NC1=O. The van der Waals surface area contributed by atoms with Crippen LogP contribution in [0, 0.1) is 0 Å². The molecular weight excluding hydrogens is 322 g/mol.